The highest BCUT2D eigenvalue weighted by molar-refractivity contribution is 7.16. The molecule has 0 fully saturated rings. The van der Waals surface area contributed by atoms with E-state index in [0.717, 1.165) is 18.6 Å². The topological polar surface area (TPSA) is 92.4 Å². The Morgan fingerprint density at radius 2 is 1.91 bits per heavy atom. The molecular weight excluding hydrogens is 483 g/mol. The van der Waals surface area contributed by atoms with Crippen LogP contribution in [0, 0.1) is 6.92 Å². The summed E-state index contributed by atoms with van der Waals surface area (Å²) in [4.78, 5) is 46.6. The molecule has 33 heavy (non-hydrogen) atoms. The van der Waals surface area contributed by atoms with E-state index < -0.39 is 29.1 Å². The van der Waals surface area contributed by atoms with Crippen molar-refractivity contribution in [1.29, 1.82) is 0 Å². The number of halogens is 3. The number of alkyl halides is 3. The van der Waals surface area contributed by atoms with Crippen LogP contribution in [-0.4, -0.2) is 19.5 Å². The van der Waals surface area contributed by atoms with Crippen molar-refractivity contribution in [3.05, 3.63) is 61.7 Å². The number of nitrogens with zero attached hydrogens (tertiary/aromatic N) is 3. The first kappa shape index (κ1) is 22.7. The van der Waals surface area contributed by atoms with Crippen molar-refractivity contribution >= 4 is 38.9 Å². The van der Waals surface area contributed by atoms with Gasteiger partial charge in [0.15, 0.2) is 0 Å². The van der Waals surface area contributed by atoms with Crippen molar-refractivity contribution in [3.63, 3.8) is 0 Å². The lowest BCUT2D eigenvalue weighted by molar-refractivity contribution is -0.210. The first-order valence-corrected chi connectivity index (χ1v) is 10.9. The Morgan fingerprint density at radius 3 is 2.58 bits per heavy atom. The van der Waals surface area contributed by atoms with E-state index in [2.05, 4.69) is 9.26 Å². The Bertz CT molecular complexity index is 1510. The largest absolute Gasteiger partial charge is 0.431 e. The number of carbonyl (C=O) groups is 1. The van der Waals surface area contributed by atoms with E-state index in [0.29, 0.717) is 41.4 Å². The van der Waals surface area contributed by atoms with E-state index in [9.17, 15) is 27.6 Å². The molecule has 4 rings (SSSR count). The summed E-state index contributed by atoms with van der Waals surface area (Å²) >= 11 is 2.43. The molecule has 0 amide bonds. The number of hydrogen-bond acceptors (Lipinski definition) is 8. The zero-order valence-electron chi connectivity index (χ0n) is 17.2. The Labute approximate surface area is 191 Å². The third kappa shape index (κ3) is 4.04. The average Bonchev–Trinajstić information content (AvgIpc) is 3.31. The molecule has 8 nitrogen and oxygen atoms in total. The molecule has 3 heterocycles. The quantitative estimate of drug-likeness (QED) is 0.312. The van der Waals surface area contributed by atoms with Crippen LogP contribution in [0.1, 0.15) is 18.2 Å². The average molecular weight is 497 g/mol. The van der Waals surface area contributed by atoms with Gasteiger partial charge in [0.1, 0.15) is 16.3 Å². The molecule has 3 aromatic heterocycles. The van der Waals surface area contributed by atoms with Crippen molar-refractivity contribution in [2.24, 2.45) is 7.05 Å². The smallest absolute Gasteiger partial charge is 0.292 e. The van der Waals surface area contributed by atoms with Gasteiger partial charge in [-0.15, -0.1) is 11.3 Å². The molecule has 0 atom stereocenters. The first-order chi connectivity index (χ1) is 15.5. The summed E-state index contributed by atoms with van der Waals surface area (Å²) in [6, 6.07) is 4.94. The van der Waals surface area contributed by atoms with Crippen LogP contribution in [0.15, 0.2) is 39.2 Å². The van der Waals surface area contributed by atoms with E-state index in [1.807, 2.05) is 0 Å². The van der Waals surface area contributed by atoms with Crippen LogP contribution in [0.2, 0.25) is 0 Å². The molecular formula is C20H14F3N3O5S2. The van der Waals surface area contributed by atoms with Crippen molar-refractivity contribution in [3.8, 4) is 22.0 Å². The fourth-order valence-corrected chi connectivity index (χ4v) is 4.96. The highest BCUT2D eigenvalue weighted by Gasteiger charge is 2.35. The number of aryl methyl sites for hydroxylation is 1. The Hall–Kier alpha value is -3.45. The molecule has 0 radical (unpaired) electrons. The summed E-state index contributed by atoms with van der Waals surface area (Å²) in [5, 5.41) is 2.32. The van der Waals surface area contributed by atoms with Crippen LogP contribution < -0.4 is 16.1 Å². The number of fused-ring (bicyclic) bond motifs is 1. The zero-order valence-corrected chi connectivity index (χ0v) is 18.9. The lowest BCUT2D eigenvalue weighted by Crippen LogP contribution is -2.40. The molecule has 0 unspecified atom stereocenters. The van der Waals surface area contributed by atoms with Gasteiger partial charge in [-0.2, -0.15) is 17.5 Å². The number of thiophene rings is 1. The molecule has 0 saturated heterocycles. The summed E-state index contributed by atoms with van der Waals surface area (Å²) in [7, 11) is 0.949. The molecule has 0 bridgehead atoms. The predicted octanol–water partition coefficient (Wildman–Crippen LogP) is 4.06. The van der Waals surface area contributed by atoms with Crippen LogP contribution in [-0.2, 0) is 22.9 Å². The minimum absolute atomic E-state index is 0.0824. The highest BCUT2D eigenvalue weighted by Crippen LogP contribution is 2.43. The van der Waals surface area contributed by atoms with E-state index in [4.69, 9.17) is 4.89 Å². The van der Waals surface area contributed by atoms with Crippen LogP contribution in [0.3, 0.4) is 0 Å². The lowest BCUT2D eigenvalue weighted by Gasteiger charge is -2.14. The van der Waals surface area contributed by atoms with Crippen LogP contribution >= 0.6 is 22.9 Å². The molecule has 13 heteroatoms. The molecule has 1 aromatic carbocycles. The van der Waals surface area contributed by atoms with Crippen LogP contribution in [0.25, 0.3) is 26.3 Å². The predicted molar refractivity (Wildman–Crippen MR) is 116 cm³/mol. The number of aromatic nitrogens is 3. The van der Waals surface area contributed by atoms with Gasteiger partial charge in [-0.25, -0.2) is 14.2 Å². The van der Waals surface area contributed by atoms with E-state index in [-0.39, 0.29) is 11.4 Å². The third-order valence-electron chi connectivity index (χ3n) is 4.70. The van der Waals surface area contributed by atoms with Gasteiger partial charge in [0.05, 0.1) is 10.4 Å². The summed E-state index contributed by atoms with van der Waals surface area (Å²) in [5.41, 5.74) is -2.35. The Balaban J connectivity index is 1.89. The Morgan fingerprint density at radius 1 is 1.18 bits per heavy atom. The van der Waals surface area contributed by atoms with E-state index >= 15 is 0 Å². The van der Waals surface area contributed by atoms with Gasteiger partial charge < -0.3 is 0 Å². The van der Waals surface area contributed by atoms with Gasteiger partial charge in [0.2, 0.25) is 5.75 Å². The van der Waals surface area contributed by atoms with Gasteiger partial charge in [-0.1, -0.05) is 0 Å². The first-order valence-electron chi connectivity index (χ1n) is 9.22. The molecule has 0 aliphatic rings. The standard InChI is InChI=1S/C20H14F3N3O5S2/c1-9-8-32-18(17(9)31-30-10(2)27)16-12-6-11(4-5-13(12)33-24-16)26-15(28)7-14(20(21,22)23)25(3)19(26)29/h4-8H,1-3H3. The van der Waals surface area contributed by atoms with Gasteiger partial charge in [-0.05, 0) is 42.0 Å². The number of rotatable bonds is 4. The zero-order chi connectivity index (χ0) is 24.1. The number of benzene rings is 1. The summed E-state index contributed by atoms with van der Waals surface area (Å²) < 4.78 is 45.6. The minimum atomic E-state index is -4.85. The maximum absolute atomic E-state index is 13.1. The van der Waals surface area contributed by atoms with Crippen molar-refractivity contribution < 1.29 is 27.7 Å². The van der Waals surface area contributed by atoms with E-state index in [1.165, 1.54) is 30.4 Å². The van der Waals surface area contributed by atoms with Crippen molar-refractivity contribution in [1.82, 2.24) is 13.5 Å². The Kier molecular flexibility index (Phi) is 5.62. The maximum Gasteiger partial charge on any atom is 0.431 e. The van der Waals surface area contributed by atoms with E-state index in [1.54, 1.807) is 18.4 Å². The van der Waals surface area contributed by atoms with Crippen molar-refractivity contribution in [2.45, 2.75) is 20.0 Å². The maximum atomic E-state index is 13.1. The highest BCUT2D eigenvalue weighted by atomic mass is 32.1. The molecule has 0 N–H and O–H groups in total. The summed E-state index contributed by atoms with van der Waals surface area (Å²) in [5.74, 6) is -0.357. The van der Waals surface area contributed by atoms with Gasteiger partial charge in [0, 0.05) is 31.0 Å². The molecule has 0 spiro atoms. The second-order valence-corrected chi connectivity index (χ2v) is 8.67. The molecule has 0 aliphatic carbocycles. The molecule has 172 valence electrons. The summed E-state index contributed by atoms with van der Waals surface area (Å²) in [6.07, 6.45) is -4.85. The van der Waals surface area contributed by atoms with Gasteiger partial charge in [-0.3, -0.25) is 19.1 Å². The van der Waals surface area contributed by atoms with Crippen LogP contribution in [0.4, 0.5) is 13.2 Å². The fourth-order valence-electron chi connectivity index (χ4n) is 3.17. The molecule has 4 aromatic rings. The number of carbonyl (C=O) groups excluding carboxylic acids is 1. The lowest BCUT2D eigenvalue weighted by atomic mass is 10.1. The van der Waals surface area contributed by atoms with Crippen LogP contribution in [0.5, 0.6) is 5.75 Å². The SMILES string of the molecule is CC(=O)OOc1c(C)csc1-c1nsc2ccc(-n3c(=O)cc(C(F)(F)F)n(C)c3=O)cc12. The summed E-state index contributed by atoms with van der Waals surface area (Å²) in [6.45, 7) is 2.94. The molecule has 0 saturated carbocycles. The van der Waals surface area contributed by atoms with Gasteiger partial charge >= 0.3 is 17.8 Å². The minimum Gasteiger partial charge on any atom is -0.292 e. The molecule has 0 aliphatic heterocycles. The number of hydrogen-bond donors (Lipinski definition) is 0. The second kappa shape index (κ2) is 8.15. The fraction of sp³-hybridized carbons (Fsp3) is 0.200. The monoisotopic (exact) mass is 497 g/mol. The second-order valence-electron chi connectivity index (χ2n) is 6.99. The normalized spacial score (nSPS) is 11.7. The third-order valence-corrected chi connectivity index (χ3v) is 6.61. The van der Waals surface area contributed by atoms with Crippen molar-refractivity contribution in [2.75, 3.05) is 0 Å². The van der Waals surface area contributed by atoms with Gasteiger partial charge in [0.25, 0.3) is 5.56 Å².